The molecule has 0 atom stereocenters. The van der Waals surface area contributed by atoms with Crippen molar-refractivity contribution in [1.82, 2.24) is 15.1 Å². The van der Waals surface area contributed by atoms with E-state index in [1.165, 1.54) is 0 Å². The number of aryl methyl sites for hydroxylation is 1. The molecule has 7 heteroatoms. The van der Waals surface area contributed by atoms with Crippen molar-refractivity contribution in [1.29, 1.82) is 0 Å². The lowest BCUT2D eigenvalue weighted by Crippen LogP contribution is -2.41. The first-order valence-electron chi connectivity index (χ1n) is 10.3. The lowest BCUT2D eigenvalue weighted by atomic mass is 9.93. The zero-order valence-corrected chi connectivity index (χ0v) is 17.7. The normalized spacial score (nSPS) is 11.4. The van der Waals surface area contributed by atoms with Gasteiger partial charge in [-0.15, -0.1) is 0 Å². The number of hydrogen-bond donors (Lipinski definition) is 3. The third kappa shape index (κ3) is 4.79. The molecule has 30 heavy (non-hydrogen) atoms. The van der Waals surface area contributed by atoms with Gasteiger partial charge in [0.2, 0.25) is 0 Å². The van der Waals surface area contributed by atoms with Gasteiger partial charge in [-0.25, -0.2) is 4.79 Å². The Balaban J connectivity index is 1.86. The van der Waals surface area contributed by atoms with E-state index < -0.39 is 11.6 Å². The van der Waals surface area contributed by atoms with Crippen LogP contribution in [0.25, 0.3) is 10.9 Å². The van der Waals surface area contributed by atoms with Crippen LogP contribution in [0.3, 0.4) is 0 Å². The second-order valence-corrected chi connectivity index (χ2v) is 7.95. The number of fused-ring (bicyclic) bond motifs is 1. The van der Waals surface area contributed by atoms with Crippen molar-refractivity contribution in [3.63, 3.8) is 0 Å². The number of anilines is 1. The number of primary amides is 1. The minimum atomic E-state index is -0.681. The van der Waals surface area contributed by atoms with E-state index >= 15 is 0 Å². The van der Waals surface area contributed by atoms with Crippen LogP contribution in [0, 0.1) is 0 Å². The molecule has 0 bridgehead atoms. The van der Waals surface area contributed by atoms with Crippen molar-refractivity contribution < 1.29 is 9.59 Å². The molecule has 3 amide bonds. The Bertz CT molecular complexity index is 1050. The summed E-state index contributed by atoms with van der Waals surface area (Å²) in [5, 5.41) is 11.1. The fraction of sp³-hybridized carbons (Fsp3) is 0.348. The van der Waals surface area contributed by atoms with Gasteiger partial charge in [-0.1, -0.05) is 50.1 Å². The standard InChI is InChI=1S/C23H29N5O2/c1-4-5-8-14-28-19-13-7-6-12-18(19)20(27-28)21(29)26-23(2,3)16-10-9-11-17(15-16)25-22(24)30/h6-7,9-13,15H,4-5,8,14H2,1-3H3,(H,26,29)(H3,24,25,30). The maximum absolute atomic E-state index is 13.2. The predicted octanol–water partition coefficient (Wildman–Crippen LogP) is 4.38. The second kappa shape index (κ2) is 8.98. The number of aromatic nitrogens is 2. The number of carbonyl (C=O) groups is 2. The molecule has 3 aromatic rings. The number of carbonyl (C=O) groups excluding carboxylic acids is 2. The lowest BCUT2D eigenvalue weighted by molar-refractivity contribution is 0.0907. The first kappa shape index (κ1) is 21.4. The number of unbranched alkanes of at least 4 members (excludes halogenated alkanes) is 2. The van der Waals surface area contributed by atoms with Crippen LogP contribution < -0.4 is 16.4 Å². The van der Waals surface area contributed by atoms with Crippen LogP contribution in [0.5, 0.6) is 0 Å². The molecular formula is C23H29N5O2. The molecule has 0 fully saturated rings. The molecule has 1 aromatic heterocycles. The van der Waals surface area contributed by atoms with Crippen LogP contribution in [0.1, 0.15) is 56.1 Å². The van der Waals surface area contributed by atoms with Crippen molar-refractivity contribution in [2.24, 2.45) is 5.73 Å². The van der Waals surface area contributed by atoms with Crippen LogP contribution in [-0.2, 0) is 12.1 Å². The van der Waals surface area contributed by atoms with Crippen molar-refractivity contribution in [3.05, 3.63) is 59.8 Å². The van der Waals surface area contributed by atoms with Crippen molar-refractivity contribution in [3.8, 4) is 0 Å². The van der Waals surface area contributed by atoms with Gasteiger partial charge >= 0.3 is 6.03 Å². The Morgan fingerprint density at radius 3 is 2.60 bits per heavy atom. The van der Waals surface area contributed by atoms with Gasteiger partial charge in [0.15, 0.2) is 5.69 Å². The highest BCUT2D eigenvalue weighted by Crippen LogP contribution is 2.25. The largest absolute Gasteiger partial charge is 0.351 e. The quantitative estimate of drug-likeness (QED) is 0.483. The molecule has 0 aliphatic carbocycles. The summed E-state index contributed by atoms with van der Waals surface area (Å²) in [5.74, 6) is -0.237. The Labute approximate surface area is 176 Å². The first-order chi connectivity index (χ1) is 14.3. The van der Waals surface area contributed by atoms with E-state index in [0.717, 1.165) is 42.3 Å². The Kier molecular flexibility index (Phi) is 6.40. The summed E-state index contributed by atoms with van der Waals surface area (Å²) >= 11 is 0. The van der Waals surface area contributed by atoms with Crippen LogP contribution >= 0.6 is 0 Å². The van der Waals surface area contributed by atoms with Crippen LogP contribution in [0.15, 0.2) is 48.5 Å². The Morgan fingerprint density at radius 2 is 1.87 bits per heavy atom. The Hall–Kier alpha value is -3.35. The number of amides is 3. The third-order valence-corrected chi connectivity index (χ3v) is 5.12. The minimum Gasteiger partial charge on any atom is -0.351 e. The lowest BCUT2D eigenvalue weighted by Gasteiger charge is -2.27. The van der Waals surface area contributed by atoms with Crippen LogP contribution in [0.2, 0.25) is 0 Å². The monoisotopic (exact) mass is 407 g/mol. The summed E-state index contributed by atoms with van der Waals surface area (Å²) < 4.78 is 1.92. The van der Waals surface area contributed by atoms with Gasteiger partial charge in [0, 0.05) is 17.6 Å². The summed E-state index contributed by atoms with van der Waals surface area (Å²) in [7, 11) is 0. The molecule has 0 saturated carbocycles. The zero-order chi connectivity index (χ0) is 21.7. The molecule has 0 aliphatic rings. The number of urea groups is 1. The average Bonchev–Trinajstić information content (AvgIpc) is 3.07. The van der Waals surface area contributed by atoms with Gasteiger partial charge in [-0.2, -0.15) is 5.10 Å². The number of nitrogens with zero attached hydrogens (tertiary/aromatic N) is 2. The highest BCUT2D eigenvalue weighted by molar-refractivity contribution is 6.05. The number of hydrogen-bond acceptors (Lipinski definition) is 3. The molecule has 7 nitrogen and oxygen atoms in total. The SMILES string of the molecule is CCCCCn1nc(C(=O)NC(C)(C)c2cccc(NC(N)=O)c2)c2ccccc21. The summed E-state index contributed by atoms with van der Waals surface area (Å²) in [4.78, 5) is 24.3. The smallest absolute Gasteiger partial charge is 0.316 e. The fourth-order valence-electron chi connectivity index (χ4n) is 3.52. The van der Waals surface area contributed by atoms with Crippen molar-refractivity contribution in [2.45, 2.75) is 52.1 Å². The van der Waals surface area contributed by atoms with E-state index in [0.29, 0.717) is 11.4 Å². The molecular weight excluding hydrogens is 378 g/mol. The topological polar surface area (TPSA) is 102 Å². The van der Waals surface area contributed by atoms with E-state index in [9.17, 15) is 9.59 Å². The van der Waals surface area contributed by atoms with E-state index in [1.807, 2.05) is 54.9 Å². The number of nitrogens with one attached hydrogen (secondary N) is 2. The van der Waals surface area contributed by atoms with E-state index in [1.54, 1.807) is 12.1 Å². The summed E-state index contributed by atoms with van der Waals surface area (Å²) in [6.07, 6.45) is 3.28. The number of nitrogens with two attached hydrogens (primary N) is 1. The molecule has 0 aliphatic heterocycles. The van der Waals surface area contributed by atoms with Crippen LogP contribution in [-0.4, -0.2) is 21.7 Å². The van der Waals surface area contributed by atoms with Gasteiger partial charge in [0.05, 0.1) is 11.1 Å². The minimum absolute atomic E-state index is 0.237. The molecule has 0 radical (unpaired) electrons. The molecule has 0 spiro atoms. The number of para-hydroxylation sites is 1. The highest BCUT2D eigenvalue weighted by atomic mass is 16.2. The van der Waals surface area contributed by atoms with E-state index in [-0.39, 0.29) is 5.91 Å². The third-order valence-electron chi connectivity index (χ3n) is 5.12. The highest BCUT2D eigenvalue weighted by Gasteiger charge is 2.26. The molecule has 158 valence electrons. The molecule has 0 unspecified atom stereocenters. The van der Waals surface area contributed by atoms with Crippen LogP contribution in [0.4, 0.5) is 10.5 Å². The predicted molar refractivity (Wildman–Crippen MR) is 119 cm³/mol. The van der Waals surface area contributed by atoms with Gasteiger partial charge in [0.25, 0.3) is 5.91 Å². The van der Waals surface area contributed by atoms with Gasteiger partial charge < -0.3 is 16.4 Å². The van der Waals surface area contributed by atoms with Gasteiger partial charge in [-0.3, -0.25) is 9.48 Å². The molecule has 1 heterocycles. The number of rotatable bonds is 8. The summed E-state index contributed by atoms with van der Waals surface area (Å²) in [6, 6.07) is 14.4. The second-order valence-electron chi connectivity index (χ2n) is 7.95. The average molecular weight is 408 g/mol. The molecule has 0 saturated heterocycles. The van der Waals surface area contributed by atoms with Gasteiger partial charge in [-0.05, 0) is 44.0 Å². The van der Waals surface area contributed by atoms with Crippen molar-refractivity contribution >= 4 is 28.5 Å². The van der Waals surface area contributed by atoms with E-state index in [4.69, 9.17) is 5.73 Å². The van der Waals surface area contributed by atoms with Gasteiger partial charge in [0.1, 0.15) is 0 Å². The maximum Gasteiger partial charge on any atom is 0.316 e. The number of benzene rings is 2. The van der Waals surface area contributed by atoms with Crippen molar-refractivity contribution in [2.75, 3.05) is 5.32 Å². The Morgan fingerprint density at radius 1 is 1.10 bits per heavy atom. The first-order valence-corrected chi connectivity index (χ1v) is 10.3. The molecule has 2 aromatic carbocycles. The zero-order valence-electron chi connectivity index (χ0n) is 17.7. The fourth-order valence-corrected chi connectivity index (χ4v) is 3.52. The van der Waals surface area contributed by atoms with E-state index in [2.05, 4.69) is 22.7 Å². The summed E-state index contributed by atoms with van der Waals surface area (Å²) in [6.45, 7) is 6.77. The maximum atomic E-state index is 13.2. The molecule has 3 rings (SSSR count). The molecule has 4 N–H and O–H groups in total. The summed E-state index contributed by atoms with van der Waals surface area (Å²) in [5.41, 5.74) is 7.33.